The largest absolute Gasteiger partial charge is 0.490 e. The Morgan fingerprint density at radius 1 is 1.43 bits per heavy atom. The lowest BCUT2D eigenvalue weighted by molar-refractivity contribution is -0.736. The predicted molar refractivity (Wildman–Crippen MR) is 82.5 cm³/mol. The zero-order valence-electron chi connectivity index (χ0n) is 11.8. The molecule has 1 aromatic carbocycles. The Kier molecular flexibility index (Phi) is 5.16. The fraction of sp³-hybridized carbons (Fsp3) is 0.267. The van der Waals surface area contributed by atoms with Crippen molar-refractivity contribution in [3.05, 3.63) is 46.2 Å². The molecule has 0 bridgehead atoms. The maximum Gasteiger partial charge on any atom is 0.358 e. The second kappa shape index (κ2) is 7.08. The summed E-state index contributed by atoms with van der Waals surface area (Å²) in [7, 11) is 2.76. The third kappa shape index (κ3) is 3.72. The molecule has 21 heavy (non-hydrogen) atoms. The van der Waals surface area contributed by atoms with Crippen LogP contribution in [0.1, 0.15) is 12.0 Å². The van der Waals surface area contributed by atoms with Gasteiger partial charge < -0.3 is 4.74 Å². The lowest BCUT2D eigenvalue weighted by Crippen LogP contribution is -2.10. The summed E-state index contributed by atoms with van der Waals surface area (Å²) in [5.74, 6) is 0.471. The number of ether oxygens (including phenoxy) is 1. The monoisotopic (exact) mass is 306 g/mol. The van der Waals surface area contributed by atoms with Gasteiger partial charge in [0.2, 0.25) is 5.75 Å². The number of hydrogen-bond donors (Lipinski definition) is 0. The number of ketones is 1. The molecular formula is C15H16NO4S+. The number of allylic oxidation sites excluding steroid dienone is 2. The molecule has 2 rings (SSSR count). The minimum Gasteiger partial charge on any atom is -0.490 e. The highest BCUT2D eigenvalue weighted by Crippen LogP contribution is 2.29. The number of carbonyl (C=O) groups is 1. The van der Waals surface area contributed by atoms with Gasteiger partial charge in [0.25, 0.3) is 4.92 Å². The van der Waals surface area contributed by atoms with Gasteiger partial charge in [-0.25, -0.2) is 4.84 Å². The first kappa shape index (κ1) is 15.3. The van der Waals surface area contributed by atoms with Crippen LogP contribution in [0.3, 0.4) is 0 Å². The number of carbonyl (C=O) groups excluding carboxylic acids is 1. The van der Waals surface area contributed by atoms with E-state index in [-0.39, 0.29) is 16.7 Å². The van der Waals surface area contributed by atoms with Crippen LogP contribution in [-0.4, -0.2) is 30.2 Å². The first-order chi connectivity index (χ1) is 10.2. The van der Waals surface area contributed by atoms with Crippen LogP contribution in [0, 0.1) is 4.91 Å². The first-order valence-electron chi connectivity index (χ1n) is 6.37. The van der Waals surface area contributed by atoms with Gasteiger partial charge in [0.05, 0.1) is 17.3 Å². The second-order valence-corrected chi connectivity index (χ2v) is 5.45. The molecule has 1 unspecified atom stereocenters. The summed E-state index contributed by atoms with van der Waals surface area (Å²) in [6.07, 6.45) is 5.98. The number of rotatable bonds is 6. The van der Waals surface area contributed by atoms with Crippen molar-refractivity contribution < 1.29 is 19.3 Å². The maximum atomic E-state index is 11.9. The molecule has 110 valence electrons. The number of benzene rings is 1. The van der Waals surface area contributed by atoms with Crippen LogP contribution in [-0.2, 0) is 9.63 Å². The summed E-state index contributed by atoms with van der Waals surface area (Å²) in [6.45, 7) is 0. The highest BCUT2D eigenvalue weighted by molar-refractivity contribution is 8.03. The standard InChI is InChI=1S/C15H16NO4S/c1-19-14-8-6-11(10-12(14)16(18)20-2)5-7-13(17)15-4-3-9-21-15/h3,5-10,15H,4H2,1-2H3/q+1/b7-5+. The molecule has 0 fully saturated rings. The molecule has 1 aromatic rings. The summed E-state index contributed by atoms with van der Waals surface area (Å²) in [4.78, 5) is 28.6. The van der Waals surface area contributed by atoms with E-state index in [0.717, 1.165) is 12.0 Å². The summed E-state index contributed by atoms with van der Waals surface area (Å²) in [5, 5.41) is 1.91. The molecule has 1 aliphatic heterocycles. The molecule has 5 nitrogen and oxygen atoms in total. The number of methoxy groups -OCH3 is 1. The van der Waals surface area contributed by atoms with Crippen molar-refractivity contribution >= 4 is 29.3 Å². The van der Waals surface area contributed by atoms with E-state index < -0.39 is 0 Å². The van der Waals surface area contributed by atoms with E-state index in [1.54, 1.807) is 24.3 Å². The third-order valence-corrected chi connectivity index (χ3v) is 4.11. The van der Waals surface area contributed by atoms with Gasteiger partial charge in [-0.05, 0) is 29.5 Å². The van der Waals surface area contributed by atoms with Crippen LogP contribution >= 0.6 is 11.8 Å². The van der Waals surface area contributed by atoms with Crippen LogP contribution < -0.4 is 4.74 Å². The second-order valence-electron chi connectivity index (χ2n) is 4.34. The normalized spacial score (nSPS) is 17.1. The summed E-state index contributed by atoms with van der Waals surface area (Å²) >= 11 is 1.52. The summed E-state index contributed by atoms with van der Waals surface area (Å²) in [6, 6.07) is 5.05. The van der Waals surface area contributed by atoms with Crippen LogP contribution in [0.4, 0.5) is 5.69 Å². The van der Waals surface area contributed by atoms with Gasteiger partial charge >= 0.3 is 5.69 Å². The van der Waals surface area contributed by atoms with E-state index in [4.69, 9.17) is 4.74 Å². The molecule has 0 saturated heterocycles. The number of nitrogens with zero attached hydrogens (tertiary/aromatic N) is 1. The maximum absolute atomic E-state index is 11.9. The van der Waals surface area contributed by atoms with Crippen LogP contribution in [0.2, 0.25) is 0 Å². The van der Waals surface area contributed by atoms with Gasteiger partial charge in [-0.3, -0.25) is 4.79 Å². The van der Waals surface area contributed by atoms with Gasteiger partial charge in [0.1, 0.15) is 0 Å². The quantitative estimate of drug-likeness (QED) is 0.596. The van der Waals surface area contributed by atoms with E-state index in [1.807, 2.05) is 11.5 Å². The van der Waals surface area contributed by atoms with Crippen LogP contribution in [0.25, 0.3) is 6.08 Å². The van der Waals surface area contributed by atoms with Crippen molar-refractivity contribution in [1.29, 1.82) is 0 Å². The Hall–Kier alpha value is -2.08. The van der Waals surface area contributed by atoms with E-state index in [9.17, 15) is 9.70 Å². The van der Waals surface area contributed by atoms with Gasteiger partial charge in [-0.15, -0.1) is 11.8 Å². The van der Waals surface area contributed by atoms with Gasteiger partial charge in [0, 0.05) is 6.07 Å². The molecule has 0 aromatic heterocycles. The predicted octanol–water partition coefficient (Wildman–Crippen LogP) is 3.27. The molecule has 6 heteroatoms. The fourth-order valence-electron chi connectivity index (χ4n) is 1.91. The first-order valence-corrected chi connectivity index (χ1v) is 7.31. The molecule has 0 spiro atoms. The van der Waals surface area contributed by atoms with Crippen molar-refractivity contribution in [3.8, 4) is 5.75 Å². The molecule has 0 N–H and O–H groups in total. The Morgan fingerprint density at radius 2 is 2.24 bits per heavy atom. The number of thioether (sulfide) groups is 1. The van der Waals surface area contributed by atoms with Crippen LogP contribution in [0.5, 0.6) is 5.75 Å². The smallest absolute Gasteiger partial charge is 0.358 e. The SMILES string of the molecule is COc1ccc(/C=C/C(=O)C2CC=CS2)cc1[N+](=O)OC. The van der Waals surface area contributed by atoms with E-state index in [1.165, 1.54) is 32.1 Å². The molecule has 0 saturated carbocycles. The molecule has 0 aliphatic carbocycles. The Balaban J connectivity index is 2.16. The van der Waals surface area contributed by atoms with Gasteiger partial charge in [0.15, 0.2) is 12.9 Å². The molecule has 1 atom stereocenters. The van der Waals surface area contributed by atoms with E-state index in [0.29, 0.717) is 10.7 Å². The van der Waals surface area contributed by atoms with Crippen molar-refractivity contribution in [2.24, 2.45) is 0 Å². The van der Waals surface area contributed by atoms with E-state index in [2.05, 4.69) is 4.84 Å². The third-order valence-electron chi connectivity index (χ3n) is 3.01. The zero-order valence-corrected chi connectivity index (χ0v) is 12.6. The van der Waals surface area contributed by atoms with Crippen molar-refractivity contribution in [1.82, 2.24) is 0 Å². The average Bonchev–Trinajstić information content (AvgIpc) is 3.06. The fourth-order valence-corrected chi connectivity index (χ4v) is 2.75. The lowest BCUT2D eigenvalue weighted by Gasteiger charge is -2.03. The van der Waals surface area contributed by atoms with E-state index >= 15 is 0 Å². The summed E-state index contributed by atoms with van der Waals surface area (Å²) in [5.41, 5.74) is 0.986. The summed E-state index contributed by atoms with van der Waals surface area (Å²) < 4.78 is 5.11. The van der Waals surface area contributed by atoms with Crippen molar-refractivity contribution in [3.63, 3.8) is 0 Å². The highest BCUT2D eigenvalue weighted by atomic mass is 32.2. The minimum absolute atomic E-state index is 0.0334. The Labute approximate surface area is 127 Å². The van der Waals surface area contributed by atoms with Gasteiger partial charge in [-0.2, -0.15) is 0 Å². The highest BCUT2D eigenvalue weighted by Gasteiger charge is 2.22. The van der Waals surface area contributed by atoms with Crippen LogP contribution in [0.15, 0.2) is 35.8 Å². The molecule has 0 radical (unpaired) electrons. The molecular weight excluding hydrogens is 290 g/mol. The lowest BCUT2D eigenvalue weighted by atomic mass is 10.1. The van der Waals surface area contributed by atoms with Crippen molar-refractivity contribution in [2.45, 2.75) is 11.7 Å². The Bertz CT molecular complexity index is 602. The zero-order chi connectivity index (χ0) is 15.2. The average molecular weight is 306 g/mol. The molecule has 1 aliphatic rings. The Morgan fingerprint density at radius 3 is 2.86 bits per heavy atom. The minimum atomic E-state index is -0.0334. The molecule has 0 amide bonds. The molecule has 1 heterocycles. The number of hydrogen-bond acceptors (Lipinski definition) is 5. The van der Waals surface area contributed by atoms with Gasteiger partial charge in [-0.1, -0.05) is 18.2 Å². The topological polar surface area (TPSA) is 55.6 Å². The van der Waals surface area contributed by atoms with Crippen molar-refractivity contribution in [2.75, 3.05) is 14.2 Å².